The topological polar surface area (TPSA) is 38.4 Å². The zero-order valence-corrected chi connectivity index (χ0v) is 11.2. The number of nitrogens with zero attached hydrogens (tertiary/aromatic N) is 3. The minimum absolute atomic E-state index is 0.0420. The van der Waals surface area contributed by atoms with Gasteiger partial charge in [0.1, 0.15) is 12.4 Å². The van der Waals surface area contributed by atoms with Gasteiger partial charge in [0.2, 0.25) is 0 Å². The van der Waals surface area contributed by atoms with Gasteiger partial charge in [-0.05, 0) is 19.3 Å². The lowest BCUT2D eigenvalue weighted by molar-refractivity contribution is -0.670. The number of amides is 1. The Morgan fingerprint density at radius 3 is 3.06 bits per heavy atom. The zero-order chi connectivity index (χ0) is 13.0. The lowest BCUT2D eigenvalue weighted by atomic mass is 10.1. The van der Waals surface area contributed by atoms with Gasteiger partial charge in [0.05, 0.1) is 19.7 Å². The fourth-order valence-corrected chi connectivity index (χ4v) is 2.26. The number of hydrogen-bond acceptors (Lipinski definition) is 2. The van der Waals surface area contributed by atoms with Crippen molar-refractivity contribution in [1.29, 1.82) is 0 Å². The second-order valence-electron chi connectivity index (χ2n) is 4.85. The molecule has 1 amide bonds. The van der Waals surface area contributed by atoms with Gasteiger partial charge in [-0.25, -0.2) is 9.36 Å². The number of likely N-dealkylation sites (tertiary alicyclic amines) is 1. The molecule has 0 N–H and O–H groups in total. The molecule has 1 atom stereocenters. The zero-order valence-electron chi connectivity index (χ0n) is 11.2. The lowest BCUT2D eigenvalue weighted by Crippen LogP contribution is -2.45. The molecule has 5 nitrogen and oxygen atoms in total. The van der Waals surface area contributed by atoms with Gasteiger partial charge < -0.3 is 9.64 Å². The van der Waals surface area contributed by atoms with E-state index in [9.17, 15) is 4.79 Å². The van der Waals surface area contributed by atoms with Crippen LogP contribution in [0.4, 0.5) is 4.79 Å². The summed E-state index contributed by atoms with van der Waals surface area (Å²) in [6.07, 6.45) is 8.76. The maximum absolute atomic E-state index is 12.3. The molecule has 100 valence electrons. The SMILES string of the molecule is CCCOC1CCCN(C(=O)n2cc[n+](C)c2)C1. The van der Waals surface area contributed by atoms with Crippen molar-refractivity contribution in [1.82, 2.24) is 9.47 Å². The minimum Gasteiger partial charge on any atom is -0.376 e. The molecule has 0 saturated carbocycles. The molecule has 0 bridgehead atoms. The van der Waals surface area contributed by atoms with Gasteiger partial charge >= 0.3 is 6.03 Å². The summed E-state index contributed by atoms with van der Waals surface area (Å²) in [7, 11) is 1.91. The van der Waals surface area contributed by atoms with E-state index in [0.29, 0.717) is 6.54 Å². The van der Waals surface area contributed by atoms with Gasteiger partial charge in [-0.3, -0.25) is 0 Å². The third kappa shape index (κ3) is 3.10. The molecule has 1 aromatic heterocycles. The first-order valence-electron chi connectivity index (χ1n) is 6.65. The van der Waals surface area contributed by atoms with Crippen LogP contribution in [-0.2, 0) is 11.8 Å². The van der Waals surface area contributed by atoms with E-state index < -0.39 is 0 Å². The van der Waals surface area contributed by atoms with Crippen molar-refractivity contribution in [2.24, 2.45) is 7.05 Å². The van der Waals surface area contributed by atoms with Crippen LogP contribution in [-0.4, -0.2) is 41.3 Å². The van der Waals surface area contributed by atoms with Crippen molar-refractivity contribution in [2.75, 3.05) is 19.7 Å². The number of rotatable bonds is 3. The van der Waals surface area contributed by atoms with Crippen LogP contribution in [0, 0.1) is 0 Å². The van der Waals surface area contributed by atoms with Gasteiger partial charge in [-0.2, -0.15) is 4.57 Å². The first kappa shape index (κ1) is 13.1. The average molecular weight is 252 g/mol. The maximum atomic E-state index is 12.3. The van der Waals surface area contributed by atoms with E-state index in [4.69, 9.17) is 4.74 Å². The Balaban J connectivity index is 1.94. The molecule has 1 aromatic rings. The molecule has 0 spiro atoms. The van der Waals surface area contributed by atoms with Crippen molar-refractivity contribution >= 4 is 6.03 Å². The van der Waals surface area contributed by atoms with E-state index in [1.165, 1.54) is 0 Å². The summed E-state index contributed by atoms with van der Waals surface area (Å²) in [6, 6.07) is 0.0420. The van der Waals surface area contributed by atoms with Gasteiger partial charge in [-0.1, -0.05) is 6.92 Å². The van der Waals surface area contributed by atoms with Crippen LogP contribution in [0.1, 0.15) is 26.2 Å². The minimum atomic E-state index is 0.0420. The Bertz CT molecular complexity index is 403. The Kier molecular flexibility index (Phi) is 4.36. The number of carbonyl (C=O) groups is 1. The van der Waals surface area contributed by atoms with Crippen LogP contribution in [0.3, 0.4) is 0 Å². The third-order valence-corrected chi connectivity index (χ3v) is 3.20. The fourth-order valence-electron chi connectivity index (χ4n) is 2.26. The van der Waals surface area contributed by atoms with Crippen molar-refractivity contribution in [3.05, 3.63) is 18.7 Å². The van der Waals surface area contributed by atoms with E-state index >= 15 is 0 Å². The van der Waals surface area contributed by atoms with Crippen LogP contribution in [0.25, 0.3) is 0 Å². The molecule has 2 rings (SSSR count). The molecule has 0 aliphatic carbocycles. The number of imidazole rings is 1. The third-order valence-electron chi connectivity index (χ3n) is 3.20. The molecular formula is C13H22N3O2+. The standard InChI is InChI=1S/C13H22N3O2/c1-3-9-18-12-5-4-6-15(10-12)13(17)16-8-7-14(2)11-16/h7-8,11-12H,3-6,9-10H2,1-2H3/q+1. The predicted octanol–water partition coefficient (Wildman–Crippen LogP) is 1.17. The molecule has 1 fully saturated rings. The average Bonchev–Trinajstić information content (AvgIpc) is 2.82. The first-order chi connectivity index (χ1) is 8.70. The Labute approximate surface area is 108 Å². The molecule has 2 heterocycles. The molecule has 0 aromatic carbocycles. The summed E-state index contributed by atoms with van der Waals surface area (Å²) >= 11 is 0. The van der Waals surface area contributed by atoms with Crippen molar-refractivity contribution in [3.63, 3.8) is 0 Å². The Morgan fingerprint density at radius 1 is 1.56 bits per heavy atom. The lowest BCUT2D eigenvalue weighted by Gasteiger charge is -2.30. The van der Waals surface area contributed by atoms with Crippen molar-refractivity contribution < 1.29 is 14.1 Å². The van der Waals surface area contributed by atoms with Gasteiger partial charge in [0.15, 0.2) is 0 Å². The molecule has 5 heteroatoms. The molecule has 18 heavy (non-hydrogen) atoms. The van der Waals surface area contributed by atoms with Crippen LogP contribution in [0.5, 0.6) is 0 Å². The predicted molar refractivity (Wildman–Crippen MR) is 67.2 cm³/mol. The highest BCUT2D eigenvalue weighted by Gasteiger charge is 2.27. The number of carbonyl (C=O) groups excluding carboxylic acids is 1. The van der Waals surface area contributed by atoms with E-state index in [-0.39, 0.29) is 12.1 Å². The molecule has 1 saturated heterocycles. The summed E-state index contributed by atoms with van der Waals surface area (Å²) in [4.78, 5) is 14.1. The summed E-state index contributed by atoms with van der Waals surface area (Å²) in [5.41, 5.74) is 0. The van der Waals surface area contributed by atoms with Crippen LogP contribution in [0.2, 0.25) is 0 Å². The van der Waals surface area contributed by atoms with Crippen LogP contribution in [0.15, 0.2) is 18.7 Å². The monoisotopic (exact) mass is 252 g/mol. The quantitative estimate of drug-likeness (QED) is 0.757. The smallest absolute Gasteiger partial charge is 0.376 e. The van der Waals surface area contributed by atoms with Crippen LogP contribution >= 0.6 is 0 Å². The number of aryl methyl sites for hydroxylation is 1. The van der Waals surface area contributed by atoms with E-state index in [0.717, 1.165) is 32.4 Å². The van der Waals surface area contributed by atoms with Gasteiger partial charge in [0, 0.05) is 13.2 Å². The van der Waals surface area contributed by atoms with Gasteiger partial charge in [0.25, 0.3) is 6.33 Å². The first-order valence-corrected chi connectivity index (χ1v) is 6.65. The van der Waals surface area contributed by atoms with E-state index in [2.05, 4.69) is 6.92 Å². The van der Waals surface area contributed by atoms with Crippen molar-refractivity contribution in [3.8, 4) is 0 Å². The van der Waals surface area contributed by atoms with Crippen molar-refractivity contribution in [2.45, 2.75) is 32.3 Å². The number of piperidine rings is 1. The summed E-state index contributed by atoms with van der Waals surface area (Å²) in [5.74, 6) is 0. The largest absolute Gasteiger partial charge is 0.415 e. The van der Waals surface area contributed by atoms with Gasteiger partial charge in [-0.15, -0.1) is 0 Å². The van der Waals surface area contributed by atoms with E-state index in [1.54, 1.807) is 17.1 Å². The second kappa shape index (κ2) is 6.00. The van der Waals surface area contributed by atoms with Crippen LogP contribution < -0.4 is 4.57 Å². The summed E-state index contributed by atoms with van der Waals surface area (Å²) in [5, 5.41) is 0. The highest BCUT2D eigenvalue weighted by Crippen LogP contribution is 2.14. The number of ether oxygens (including phenoxy) is 1. The Morgan fingerprint density at radius 2 is 2.39 bits per heavy atom. The molecule has 1 unspecified atom stereocenters. The summed E-state index contributed by atoms with van der Waals surface area (Å²) in [6.45, 7) is 4.42. The van der Waals surface area contributed by atoms with E-state index in [1.807, 2.05) is 22.7 Å². The highest BCUT2D eigenvalue weighted by atomic mass is 16.5. The highest BCUT2D eigenvalue weighted by molar-refractivity contribution is 5.76. The maximum Gasteiger partial charge on any atom is 0.415 e. The molecule has 1 aliphatic rings. The number of aromatic nitrogens is 2. The molecule has 0 radical (unpaired) electrons. The molecular weight excluding hydrogens is 230 g/mol. The summed E-state index contributed by atoms with van der Waals surface area (Å²) < 4.78 is 9.24. The second-order valence-corrected chi connectivity index (χ2v) is 4.85. The normalized spacial score (nSPS) is 20.1. The number of hydrogen-bond donors (Lipinski definition) is 0. The fraction of sp³-hybridized carbons (Fsp3) is 0.692. The molecule has 1 aliphatic heterocycles. The Hall–Kier alpha value is -1.36.